The minimum absolute atomic E-state index is 0.0769. The monoisotopic (exact) mass is 666 g/mol. The van der Waals surface area contributed by atoms with Crippen molar-refractivity contribution in [1.29, 1.82) is 0 Å². The fourth-order valence-corrected chi connectivity index (χ4v) is 11.4. The molecule has 1 N–H and O–H groups in total. The van der Waals surface area contributed by atoms with Gasteiger partial charge in [-0.1, -0.05) is 45.9 Å². The minimum atomic E-state index is -0.204. The normalized spacial score (nSPS) is 37.9. The molecular formula is C41H58N6O2. The van der Waals surface area contributed by atoms with E-state index in [-0.39, 0.29) is 33.2 Å². The van der Waals surface area contributed by atoms with Gasteiger partial charge < -0.3 is 15.0 Å². The van der Waals surface area contributed by atoms with E-state index in [1.54, 1.807) is 6.20 Å². The first-order chi connectivity index (χ1) is 23.4. The Morgan fingerprint density at radius 2 is 1.61 bits per heavy atom. The predicted octanol–water partition coefficient (Wildman–Crippen LogP) is 6.79. The largest absolute Gasteiger partial charge is 0.379 e. The number of amides is 2. The summed E-state index contributed by atoms with van der Waals surface area (Å²) in [7, 11) is 0. The molecule has 264 valence electrons. The quantitative estimate of drug-likeness (QED) is 0.388. The highest BCUT2D eigenvalue weighted by Gasteiger charge is 2.67. The Kier molecular flexibility index (Phi) is 8.08. The molecule has 0 radical (unpaired) electrons. The Balaban J connectivity index is 1.00. The van der Waals surface area contributed by atoms with Crippen LogP contribution in [0.25, 0.3) is 22.7 Å². The van der Waals surface area contributed by atoms with Crippen molar-refractivity contribution in [2.24, 2.45) is 27.6 Å². The van der Waals surface area contributed by atoms with Gasteiger partial charge in [-0.15, -0.1) is 0 Å². The number of piperazine rings is 1. The average Bonchev–Trinajstić information content (AvgIpc) is 3.10. The molecule has 4 aliphatic carbocycles. The molecule has 1 aromatic heterocycles. The van der Waals surface area contributed by atoms with Crippen molar-refractivity contribution in [3.8, 4) is 0 Å². The molecule has 8 heteroatoms. The van der Waals surface area contributed by atoms with Gasteiger partial charge in [0.1, 0.15) is 0 Å². The number of benzene rings is 1. The van der Waals surface area contributed by atoms with Crippen LogP contribution < -0.4 is 5.32 Å². The van der Waals surface area contributed by atoms with E-state index in [0.29, 0.717) is 5.92 Å². The average molecular weight is 667 g/mol. The number of morpholine rings is 1. The molecule has 0 unspecified atom stereocenters. The molecule has 0 spiro atoms. The van der Waals surface area contributed by atoms with Gasteiger partial charge in [-0.3, -0.25) is 19.8 Å². The third kappa shape index (κ3) is 5.21. The number of aryl methyl sites for hydroxylation is 1. The lowest BCUT2D eigenvalue weighted by atomic mass is 9.34. The molecular weight excluding hydrogens is 608 g/mol. The number of allylic oxidation sites excluding steroid dienone is 3. The van der Waals surface area contributed by atoms with Crippen LogP contribution in [0.3, 0.4) is 0 Å². The SMILES string of the molecule is Cc1c2c(cc3nccnc13)C1=CC[C@@]3(C)[C@@H]4C[C@](C)(NC(=O)N5CCN(CCN6CCOCC6)CC5)CC[C@]4(C)CC[C@]3(C)[C@]1(C)C=C2. The first kappa shape index (κ1) is 33.3. The molecule has 6 aliphatic rings. The first-order valence-corrected chi connectivity index (χ1v) is 19.1. The van der Waals surface area contributed by atoms with Gasteiger partial charge in [0, 0.05) is 75.7 Å². The number of fused-ring (bicyclic) bond motifs is 8. The summed E-state index contributed by atoms with van der Waals surface area (Å²) in [6.07, 6.45) is 17.9. The highest BCUT2D eigenvalue weighted by Crippen LogP contribution is 2.75. The molecule has 8 nitrogen and oxygen atoms in total. The van der Waals surface area contributed by atoms with Crippen molar-refractivity contribution in [3.05, 3.63) is 47.3 Å². The van der Waals surface area contributed by atoms with Crippen molar-refractivity contribution in [1.82, 2.24) is 30.0 Å². The van der Waals surface area contributed by atoms with Gasteiger partial charge in [-0.05, 0) is 103 Å². The van der Waals surface area contributed by atoms with Crippen LogP contribution in [0.15, 0.2) is 30.6 Å². The van der Waals surface area contributed by atoms with Crippen molar-refractivity contribution >= 4 is 28.7 Å². The molecule has 4 fully saturated rings. The summed E-state index contributed by atoms with van der Waals surface area (Å²) in [5, 5.41) is 3.65. The smallest absolute Gasteiger partial charge is 0.317 e. The van der Waals surface area contributed by atoms with Crippen molar-refractivity contribution < 1.29 is 9.53 Å². The van der Waals surface area contributed by atoms with E-state index in [2.05, 4.69) is 90.8 Å². The van der Waals surface area contributed by atoms with E-state index < -0.39 is 0 Å². The Hall–Kier alpha value is -2.81. The Bertz CT molecular complexity index is 1690. The van der Waals surface area contributed by atoms with Crippen molar-refractivity contribution in [2.45, 2.75) is 85.6 Å². The number of carbonyl (C=O) groups is 1. The Morgan fingerprint density at radius 3 is 2.37 bits per heavy atom. The highest BCUT2D eigenvalue weighted by molar-refractivity contribution is 5.93. The van der Waals surface area contributed by atoms with Crippen molar-refractivity contribution in [3.63, 3.8) is 0 Å². The number of carbonyl (C=O) groups excluding carboxylic acids is 1. The van der Waals surface area contributed by atoms with Crippen LogP contribution in [0, 0.1) is 34.5 Å². The van der Waals surface area contributed by atoms with E-state index in [9.17, 15) is 4.79 Å². The summed E-state index contributed by atoms with van der Waals surface area (Å²) in [6, 6.07) is 2.44. The summed E-state index contributed by atoms with van der Waals surface area (Å²) in [4.78, 5) is 30.4. The lowest BCUT2D eigenvalue weighted by Gasteiger charge is -2.71. The van der Waals surface area contributed by atoms with Crippen LogP contribution in [-0.2, 0) is 4.74 Å². The molecule has 1 aromatic carbocycles. The van der Waals surface area contributed by atoms with Crippen LogP contribution in [0.4, 0.5) is 4.79 Å². The summed E-state index contributed by atoms with van der Waals surface area (Å²) in [6.45, 7) is 24.3. The molecule has 2 aliphatic heterocycles. The van der Waals surface area contributed by atoms with Gasteiger partial charge in [0.05, 0.1) is 24.2 Å². The zero-order chi connectivity index (χ0) is 34.2. The van der Waals surface area contributed by atoms with Crippen LogP contribution in [0.2, 0.25) is 0 Å². The second kappa shape index (κ2) is 11.9. The minimum Gasteiger partial charge on any atom is -0.379 e. The van der Waals surface area contributed by atoms with Crippen LogP contribution in [0.1, 0.15) is 89.8 Å². The van der Waals surface area contributed by atoms with Gasteiger partial charge in [0.15, 0.2) is 0 Å². The number of urea groups is 1. The summed E-state index contributed by atoms with van der Waals surface area (Å²) in [5.41, 5.74) is 7.50. The predicted molar refractivity (Wildman–Crippen MR) is 197 cm³/mol. The Labute approximate surface area is 293 Å². The number of aromatic nitrogens is 2. The van der Waals surface area contributed by atoms with Crippen LogP contribution in [-0.4, -0.2) is 102 Å². The second-order valence-corrected chi connectivity index (χ2v) is 17.7. The van der Waals surface area contributed by atoms with Gasteiger partial charge in [-0.25, -0.2) is 4.79 Å². The van der Waals surface area contributed by atoms with Crippen molar-refractivity contribution in [2.75, 3.05) is 65.6 Å². The lowest BCUT2D eigenvalue weighted by molar-refractivity contribution is -0.171. The summed E-state index contributed by atoms with van der Waals surface area (Å²) >= 11 is 0. The third-order valence-corrected chi connectivity index (χ3v) is 15.2. The van der Waals surface area contributed by atoms with E-state index >= 15 is 0 Å². The van der Waals surface area contributed by atoms with E-state index in [0.717, 1.165) is 95.9 Å². The molecule has 8 rings (SSSR count). The molecule has 3 heterocycles. The van der Waals surface area contributed by atoms with E-state index in [1.807, 2.05) is 6.20 Å². The molecule has 2 amide bonds. The van der Waals surface area contributed by atoms with E-state index in [1.165, 1.54) is 41.5 Å². The highest BCUT2D eigenvalue weighted by atomic mass is 16.5. The van der Waals surface area contributed by atoms with Gasteiger partial charge in [0.2, 0.25) is 0 Å². The maximum Gasteiger partial charge on any atom is 0.317 e. The van der Waals surface area contributed by atoms with Crippen LogP contribution in [0.5, 0.6) is 0 Å². The number of hydrogen-bond donors (Lipinski definition) is 1. The van der Waals surface area contributed by atoms with E-state index in [4.69, 9.17) is 9.72 Å². The van der Waals surface area contributed by atoms with Gasteiger partial charge in [-0.2, -0.15) is 0 Å². The first-order valence-electron chi connectivity index (χ1n) is 19.1. The maximum absolute atomic E-state index is 13.9. The molecule has 6 atom stereocenters. The summed E-state index contributed by atoms with van der Waals surface area (Å²) in [5.74, 6) is 0.517. The fourth-order valence-electron chi connectivity index (χ4n) is 11.4. The lowest BCUT2D eigenvalue weighted by Crippen LogP contribution is -2.66. The third-order valence-electron chi connectivity index (χ3n) is 15.2. The standard InChI is InChI=1S/C41H58N6O2/c1-29-30-7-9-39(4)32(31(30)27-33-35(29)43-16-15-42-33)8-10-40(5)34-28-38(3,13-11-37(34,2)12-14-41(39,40)6)44-36(48)47-21-19-45(20-22-47)17-18-46-23-25-49-26-24-46/h7-9,15-16,27,34H,10-14,17-26,28H2,1-6H3,(H,44,48)/t34-,37-,38-,39-,40+,41-/m1/s1. The Morgan fingerprint density at radius 1 is 0.918 bits per heavy atom. The number of rotatable bonds is 4. The molecule has 2 saturated carbocycles. The molecule has 0 bridgehead atoms. The second-order valence-electron chi connectivity index (χ2n) is 17.7. The number of nitrogens with one attached hydrogen (secondary N) is 1. The maximum atomic E-state index is 13.9. The fraction of sp³-hybridized carbons (Fsp3) is 0.683. The number of ether oxygens (including phenoxy) is 1. The number of hydrogen-bond acceptors (Lipinski definition) is 6. The topological polar surface area (TPSA) is 73.8 Å². The van der Waals surface area contributed by atoms with Gasteiger partial charge in [0.25, 0.3) is 0 Å². The molecule has 2 saturated heterocycles. The van der Waals surface area contributed by atoms with Gasteiger partial charge >= 0.3 is 6.03 Å². The zero-order valence-corrected chi connectivity index (χ0v) is 30.9. The number of nitrogens with zero attached hydrogens (tertiary/aromatic N) is 5. The summed E-state index contributed by atoms with van der Waals surface area (Å²) < 4.78 is 5.51. The van der Waals surface area contributed by atoms with Crippen LogP contribution >= 0.6 is 0 Å². The molecule has 2 aromatic rings. The zero-order valence-electron chi connectivity index (χ0n) is 30.9. The molecule has 49 heavy (non-hydrogen) atoms.